The van der Waals surface area contributed by atoms with Gasteiger partial charge in [0.15, 0.2) is 13.1 Å². The number of carboxylic acids is 5. The van der Waals surface area contributed by atoms with Crippen LogP contribution in [0.25, 0.3) is 33.4 Å². The fourth-order valence-electron chi connectivity index (χ4n) is 6.62. The number of rotatable bonds is 22. The van der Waals surface area contributed by atoms with E-state index in [-0.39, 0.29) is 110 Å². The van der Waals surface area contributed by atoms with Gasteiger partial charge < -0.3 is 49.4 Å². The first kappa shape index (κ1) is 46.7. The van der Waals surface area contributed by atoms with Crippen LogP contribution in [-0.2, 0) is 24.0 Å². The molecular weight excluding hydrogens is 768 g/mol. The number of carbonyl (C=O) groups is 5. The number of aliphatic carboxylic acids is 5. The van der Waals surface area contributed by atoms with Crippen molar-refractivity contribution in [3.8, 4) is 28.2 Å². The molecule has 4 rings (SSSR count). The van der Waals surface area contributed by atoms with Crippen LogP contribution in [0.15, 0.2) is 52.9 Å². The molecular formula is C40H49KN4O12+2. The standard InChI is InChI=1S/C40H48N4O12.K/c1-5-42(16-6-7-35(45)46)31-24-32(55-4)29(23-30(31)41(2)3)40-27-10-8-25(43(17-12-36(47)48)18-13-37(49)50)21-33(27)56-34-22-26(9-11-28(34)40)44(19-14-38(51)52)20-15-39(53)54;/h8-11,21-24H,5-7,12-20H2,1-4H3,(H4-,45,46,47,48,49,50,51,52,53,54);/q;+1/p+1. The first-order chi connectivity index (χ1) is 26.6. The van der Waals surface area contributed by atoms with Crippen molar-refractivity contribution in [2.45, 2.75) is 45.4 Å². The van der Waals surface area contributed by atoms with Gasteiger partial charge in [0.05, 0.1) is 37.4 Å². The van der Waals surface area contributed by atoms with Gasteiger partial charge in [0, 0.05) is 92.7 Å². The smallest absolute Gasteiger partial charge is 0.496 e. The van der Waals surface area contributed by atoms with E-state index in [1.807, 2.05) is 50.2 Å². The summed E-state index contributed by atoms with van der Waals surface area (Å²) < 4.78 is 14.3. The van der Waals surface area contributed by atoms with Crippen molar-refractivity contribution < 1.29 is 110 Å². The molecule has 57 heavy (non-hydrogen) atoms. The van der Waals surface area contributed by atoms with Crippen LogP contribution in [0.4, 0.5) is 17.1 Å². The number of fused-ring (bicyclic) bond motifs is 2. The Morgan fingerprint density at radius 3 is 1.81 bits per heavy atom. The zero-order chi connectivity index (χ0) is 41.1. The van der Waals surface area contributed by atoms with E-state index in [1.165, 1.54) is 0 Å². The van der Waals surface area contributed by atoms with Gasteiger partial charge in [0.1, 0.15) is 29.9 Å². The number of methoxy groups -OCH3 is 1. The van der Waals surface area contributed by atoms with E-state index in [4.69, 9.17) is 9.15 Å². The zero-order valence-electron chi connectivity index (χ0n) is 33.0. The fourth-order valence-corrected chi connectivity index (χ4v) is 6.62. The molecule has 0 saturated carbocycles. The van der Waals surface area contributed by atoms with Crippen molar-refractivity contribution >= 4 is 57.9 Å². The van der Waals surface area contributed by atoms with Gasteiger partial charge in [0.2, 0.25) is 5.36 Å². The van der Waals surface area contributed by atoms with Crippen LogP contribution in [0.3, 0.4) is 0 Å². The SMILES string of the molecule is CCN(CCCC(=O)O)c1cc(OC)c(-c2c3ccc(=[N+](CCC(=O)O)CCC(=O)O)cc-3oc3cc(N(CCC(=O)O)CCC(=O)O)ccc23)cc1N(C)C.[K+]. The van der Waals surface area contributed by atoms with Crippen molar-refractivity contribution in [1.82, 2.24) is 4.58 Å². The van der Waals surface area contributed by atoms with Gasteiger partial charge >= 0.3 is 81.2 Å². The Kier molecular flexibility index (Phi) is 17.8. The second kappa shape index (κ2) is 21.7. The largest absolute Gasteiger partial charge is 1.00 e. The van der Waals surface area contributed by atoms with Crippen LogP contribution in [0, 0.1) is 0 Å². The minimum absolute atomic E-state index is 0. The van der Waals surface area contributed by atoms with E-state index in [1.54, 1.807) is 40.9 Å². The molecule has 0 atom stereocenters. The molecule has 2 aliphatic rings. The molecule has 1 heterocycles. The molecule has 1 aliphatic carbocycles. The summed E-state index contributed by atoms with van der Waals surface area (Å²) in [5, 5.41) is 48.1. The van der Waals surface area contributed by atoms with Crippen molar-refractivity contribution in [3.05, 3.63) is 53.9 Å². The number of benzene rings is 3. The molecule has 2 aromatic rings. The summed E-state index contributed by atoms with van der Waals surface area (Å²) in [6.07, 6.45) is -0.465. The molecule has 0 aromatic heterocycles. The Morgan fingerprint density at radius 1 is 0.684 bits per heavy atom. The van der Waals surface area contributed by atoms with Gasteiger partial charge in [0.25, 0.3) is 0 Å². The van der Waals surface area contributed by atoms with Gasteiger partial charge in [-0.25, -0.2) is 4.58 Å². The molecule has 2 aromatic carbocycles. The molecule has 300 valence electrons. The Hall–Kier alpha value is -4.68. The fraction of sp³-hybridized carbons (Fsp3) is 0.400. The van der Waals surface area contributed by atoms with Crippen LogP contribution in [0.5, 0.6) is 5.75 Å². The first-order valence-electron chi connectivity index (χ1n) is 18.2. The summed E-state index contributed by atoms with van der Waals surface area (Å²) in [7, 11) is 5.36. The predicted molar refractivity (Wildman–Crippen MR) is 210 cm³/mol. The Bertz CT molecular complexity index is 2100. The van der Waals surface area contributed by atoms with Crippen LogP contribution in [-0.4, -0.2) is 116 Å². The summed E-state index contributed by atoms with van der Waals surface area (Å²) in [5.74, 6) is -4.14. The average Bonchev–Trinajstić information content (AvgIpc) is 3.14. The third-order valence-corrected chi connectivity index (χ3v) is 9.39. The summed E-state index contributed by atoms with van der Waals surface area (Å²) in [5.41, 5.74) is 4.63. The Balaban J connectivity index is 0.00000870. The van der Waals surface area contributed by atoms with Crippen molar-refractivity contribution in [3.63, 3.8) is 0 Å². The number of hydrogen-bond acceptors (Lipinski definition) is 10. The third kappa shape index (κ3) is 12.7. The molecule has 0 unspecified atom stereocenters. The molecule has 17 heteroatoms. The topological polar surface area (TPSA) is 222 Å². The minimum atomic E-state index is -1.04. The maximum Gasteiger partial charge on any atom is 1.00 e. The third-order valence-electron chi connectivity index (χ3n) is 9.39. The number of ether oxygens (including phenoxy) is 1. The molecule has 0 saturated heterocycles. The zero-order valence-corrected chi connectivity index (χ0v) is 36.1. The quantitative estimate of drug-likeness (QED) is 0.0431. The van der Waals surface area contributed by atoms with E-state index in [2.05, 4.69) is 4.90 Å². The molecule has 16 nitrogen and oxygen atoms in total. The number of carboxylic acid groups (broad SMARTS) is 5. The van der Waals surface area contributed by atoms with Crippen molar-refractivity contribution in [2.75, 3.05) is 75.2 Å². The van der Waals surface area contributed by atoms with Crippen LogP contribution in [0.1, 0.15) is 45.4 Å². The van der Waals surface area contributed by atoms with Gasteiger partial charge in [-0.1, -0.05) is 0 Å². The molecule has 0 amide bonds. The molecule has 5 N–H and O–H groups in total. The molecule has 0 fully saturated rings. The van der Waals surface area contributed by atoms with E-state index < -0.39 is 29.8 Å². The second-order valence-corrected chi connectivity index (χ2v) is 13.4. The average molecular weight is 817 g/mol. The normalized spacial score (nSPS) is 10.8. The van der Waals surface area contributed by atoms with Gasteiger partial charge in [-0.2, -0.15) is 0 Å². The van der Waals surface area contributed by atoms with Crippen LogP contribution in [0.2, 0.25) is 0 Å². The number of nitrogens with zero attached hydrogens (tertiary/aromatic N) is 4. The number of anilines is 3. The summed E-state index contributed by atoms with van der Waals surface area (Å²) in [4.78, 5) is 63.1. The Morgan fingerprint density at radius 2 is 1.28 bits per heavy atom. The van der Waals surface area contributed by atoms with E-state index in [0.717, 1.165) is 11.4 Å². The molecule has 0 radical (unpaired) electrons. The van der Waals surface area contributed by atoms with Crippen LogP contribution >= 0.6 is 0 Å². The molecule has 0 bridgehead atoms. The predicted octanol–water partition coefficient (Wildman–Crippen LogP) is 1.45. The van der Waals surface area contributed by atoms with Gasteiger partial charge in [-0.05, 0) is 37.6 Å². The van der Waals surface area contributed by atoms with Crippen molar-refractivity contribution in [2.24, 2.45) is 0 Å². The summed E-state index contributed by atoms with van der Waals surface area (Å²) in [6.45, 7) is 3.26. The molecule has 1 aliphatic heterocycles. The summed E-state index contributed by atoms with van der Waals surface area (Å²) >= 11 is 0. The monoisotopic (exact) mass is 816 g/mol. The van der Waals surface area contributed by atoms with Gasteiger partial charge in [-0.3, -0.25) is 24.0 Å². The molecule has 0 spiro atoms. The van der Waals surface area contributed by atoms with Gasteiger partial charge in [-0.15, -0.1) is 0 Å². The van der Waals surface area contributed by atoms with E-state index >= 15 is 0 Å². The van der Waals surface area contributed by atoms with Crippen LogP contribution < -0.4 is 80.8 Å². The minimum Gasteiger partial charge on any atom is -0.496 e. The van der Waals surface area contributed by atoms with Crippen molar-refractivity contribution in [1.29, 1.82) is 0 Å². The Labute approximate surface area is 372 Å². The van der Waals surface area contributed by atoms with E-state index in [0.29, 0.717) is 69.7 Å². The second-order valence-electron chi connectivity index (χ2n) is 13.4. The number of hydrogen-bond donors (Lipinski definition) is 5. The van der Waals surface area contributed by atoms with E-state index in [9.17, 15) is 49.5 Å². The summed E-state index contributed by atoms with van der Waals surface area (Å²) in [6, 6.07) is 14.5. The maximum absolute atomic E-state index is 11.5. The maximum atomic E-state index is 11.5. The first-order valence-corrected chi connectivity index (χ1v) is 18.2.